The molecule has 0 radical (unpaired) electrons. The zero-order chi connectivity index (χ0) is 10.8. The maximum Gasteiger partial charge on any atom is 0.126 e. The fourth-order valence-electron chi connectivity index (χ4n) is 1.13. The van der Waals surface area contributed by atoms with E-state index in [0.717, 1.165) is 12.1 Å². The van der Waals surface area contributed by atoms with Gasteiger partial charge in [0.2, 0.25) is 0 Å². The van der Waals surface area contributed by atoms with Crippen LogP contribution in [0.3, 0.4) is 0 Å². The number of anilines is 1. The number of rotatable bonds is 4. The molecule has 0 spiro atoms. The molecule has 1 aromatic heterocycles. The molecule has 2 N–H and O–H groups in total. The molecule has 0 aliphatic rings. The van der Waals surface area contributed by atoms with Crippen LogP contribution in [0, 0.1) is 4.78 Å². The standard InChI is InChI=1S/C8H16N4OS/c1-4-7-8(6-12(3)10-7)11-14(9,13)5-2/h6H,4-5H2,1-3H3,(H2,9,11,13). The minimum atomic E-state index is -2.70. The molecule has 0 aromatic carbocycles. The third kappa shape index (κ3) is 2.47. The Labute approximate surface area is 84.6 Å². The molecule has 0 amide bonds. The molecule has 6 heteroatoms. The van der Waals surface area contributed by atoms with E-state index in [4.69, 9.17) is 4.78 Å². The normalized spacial score (nSPS) is 15.1. The molecular formula is C8H16N4OS. The van der Waals surface area contributed by atoms with Crippen molar-refractivity contribution in [2.24, 2.45) is 7.05 Å². The molecule has 80 valence electrons. The number of hydrogen-bond acceptors (Lipinski definition) is 3. The highest BCUT2D eigenvalue weighted by Crippen LogP contribution is 2.15. The number of aromatic nitrogens is 2. The van der Waals surface area contributed by atoms with E-state index in [1.807, 2.05) is 14.0 Å². The highest BCUT2D eigenvalue weighted by Gasteiger charge is 2.09. The summed E-state index contributed by atoms with van der Waals surface area (Å²) in [7, 11) is -0.888. The molecule has 1 atom stereocenters. The quantitative estimate of drug-likeness (QED) is 0.798. The first kappa shape index (κ1) is 11.0. The van der Waals surface area contributed by atoms with Crippen LogP contribution in [-0.4, -0.2) is 19.7 Å². The third-order valence-corrected chi connectivity index (χ3v) is 3.28. The Kier molecular flexibility index (Phi) is 3.15. The van der Waals surface area contributed by atoms with Gasteiger partial charge in [-0.3, -0.25) is 9.40 Å². The first-order valence-electron chi connectivity index (χ1n) is 4.55. The van der Waals surface area contributed by atoms with Gasteiger partial charge in [-0.05, 0) is 6.42 Å². The Hall–Kier alpha value is -1.04. The Balaban J connectivity index is 2.96. The average molecular weight is 216 g/mol. The van der Waals surface area contributed by atoms with E-state index in [-0.39, 0.29) is 0 Å². The summed E-state index contributed by atoms with van der Waals surface area (Å²) in [6, 6.07) is 0. The fourth-order valence-corrected chi connectivity index (χ4v) is 1.80. The molecule has 5 nitrogen and oxygen atoms in total. The lowest BCUT2D eigenvalue weighted by molar-refractivity contribution is 0.679. The van der Waals surface area contributed by atoms with Gasteiger partial charge in [0, 0.05) is 19.0 Å². The van der Waals surface area contributed by atoms with Gasteiger partial charge in [-0.2, -0.15) is 5.10 Å². The summed E-state index contributed by atoms with van der Waals surface area (Å²) >= 11 is 0. The Morgan fingerprint density at radius 3 is 2.79 bits per heavy atom. The lowest BCUT2D eigenvalue weighted by atomic mass is 10.3. The Morgan fingerprint density at radius 2 is 2.29 bits per heavy atom. The molecule has 0 fully saturated rings. The van der Waals surface area contributed by atoms with E-state index in [0.29, 0.717) is 11.4 Å². The predicted octanol–water partition coefficient (Wildman–Crippen LogP) is 1.38. The van der Waals surface area contributed by atoms with Crippen molar-refractivity contribution < 1.29 is 4.21 Å². The number of hydrogen-bond donors (Lipinski definition) is 2. The molecule has 1 unspecified atom stereocenters. The van der Waals surface area contributed by atoms with E-state index in [2.05, 4.69) is 9.82 Å². The Bertz CT molecular complexity index is 407. The average Bonchev–Trinajstić information content (AvgIpc) is 2.45. The molecule has 0 aliphatic heterocycles. The zero-order valence-electron chi connectivity index (χ0n) is 8.70. The van der Waals surface area contributed by atoms with Crippen LogP contribution in [0.5, 0.6) is 0 Å². The number of nitrogens with zero attached hydrogens (tertiary/aromatic N) is 2. The van der Waals surface area contributed by atoms with Gasteiger partial charge in [0.15, 0.2) is 0 Å². The molecule has 0 saturated carbocycles. The molecule has 1 aromatic rings. The molecule has 1 rings (SSSR count). The van der Waals surface area contributed by atoms with Gasteiger partial charge in [0.1, 0.15) is 9.92 Å². The molecule has 1 heterocycles. The van der Waals surface area contributed by atoms with Crippen LogP contribution in [0.1, 0.15) is 19.5 Å². The van der Waals surface area contributed by atoms with Crippen LogP contribution in [0.15, 0.2) is 6.20 Å². The summed E-state index contributed by atoms with van der Waals surface area (Å²) in [5.74, 6) is 0.297. The minimum Gasteiger partial charge on any atom is -0.296 e. The predicted molar refractivity (Wildman–Crippen MR) is 57.6 cm³/mol. The first-order valence-corrected chi connectivity index (χ1v) is 6.28. The molecule has 14 heavy (non-hydrogen) atoms. The topological polar surface area (TPSA) is 70.8 Å². The second-order valence-electron chi connectivity index (χ2n) is 3.08. The van der Waals surface area contributed by atoms with Crippen molar-refractivity contribution in [3.8, 4) is 0 Å². The highest BCUT2D eigenvalue weighted by molar-refractivity contribution is 7.93. The molecular weight excluding hydrogens is 200 g/mol. The van der Waals surface area contributed by atoms with Gasteiger partial charge in [-0.15, -0.1) is 0 Å². The SMILES string of the molecule is CCc1nn(C)cc1NS(=N)(=O)CC. The fraction of sp³-hybridized carbons (Fsp3) is 0.625. The van der Waals surface area contributed by atoms with Crippen LogP contribution in [0.2, 0.25) is 0 Å². The van der Waals surface area contributed by atoms with Gasteiger partial charge in [0.05, 0.1) is 11.4 Å². The largest absolute Gasteiger partial charge is 0.296 e. The highest BCUT2D eigenvalue weighted by atomic mass is 32.2. The lowest BCUT2D eigenvalue weighted by Gasteiger charge is -2.06. The van der Waals surface area contributed by atoms with E-state index >= 15 is 0 Å². The maximum atomic E-state index is 11.5. The van der Waals surface area contributed by atoms with Crippen molar-refractivity contribution in [1.29, 1.82) is 4.78 Å². The monoisotopic (exact) mass is 216 g/mol. The van der Waals surface area contributed by atoms with E-state index < -0.39 is 9.92 Å². The van der Waals surface area contributed by atoms with Gasteiger partial charge >= 0.3 is 0 Å². The van der Waals surface area contributed by atoms with Crippen molar-refractivity contribution in [2.45, 2.75) is 20.3 Å². The van der Waals surface area contributed by atoms with Crippen LogP contribution in [0.4, 0.5) is 5.69 Å². The van der Waals surface area contributed by atoms with Crippen LogP contribution < -0.4 is 4.72 Å². The Morgan fingerprint density at radius 1 is 1.64 bits per heavy atom. The molecule has 0 bridgehead atoms. The minimum absolute atomic E-state index is 0.297. The van der Waals surface area contributed by atoms with Crippen LogP contribution >= 0.6 is 0 Å². The van der Waals surface area contributed by atoms with Crippen molar-refractivity contribution >= 4 is 15.6 Å². The summed E-state index contributed by atoms with van der Waals surface area (Å²) < 4.78 is 23.4. The maximum absolute atomic E-state index is 11.5. The zero-order valence-corrected chi connectivity index (χ0v) is 9.52. The lowest BCUT2D eigenvalue weighted by Crippen LogP contribution is -2.13. The second-order valence-corrected chi connectivity index (χ2v) is 5.21. The van der Waals surface area contributed by atoms with E-state index in [9.17, 15) is 4.21 Å². The molecule has 0 aliphatic carbocycles. The third-order valence-electron chi connectivity index (χ3n) is 1.92. The van der Waals surface area contributed by atoms with Gasteiger partial charge in [0.25, 0.3) is 0 Å². The van der Waals surface area contributed by atoms with Crippen LogP contribution in [-0.2, 0) is 23.4 Å². The second kappa shape index (κ2) is 4.00. The first-order chi connectivity index (χ1) is 6.48. The van der Waals surface area contributed by atoms with Gasteiger partial charge in [-0.1, -0.05) is 13.8 Å². The van der Waals surface area contributed by atoms with E-state index in [1.54, 1.807) is 17.8 Å². The van der Waals surface area contributed by atoms with Crippen molar-refractivity contribution in [1.82, 2.24) is 9.78 Å². The smallest absolute Gasteiger partial charge is 0.126 e. The number of aryl methyl sites for hydroxylation is 2. The van der Waals surface area contributed by atoms with Gasteiger partial charge in [-0.25, -0.2) is 8.99 Å². The summed E-state index contributed by atoms with van der Waals surface area (Å²) in [6.45, 7) is 3.70. The van der Waals surface area contributed by atoms with E-state index in [1.165, 1.54) is 0 Å². The summed E-state index contributed by atoms with van der Waals surface area (Å²) in [5, 5.41) is 4.19. The number of nitrogens with one attached hydrogen (secondary N) is 2. The molecule has 0 saturated heterocycles. The summed E-state index contributed by atoms with van der Waals surface area (Å²) in [4.78, 5) is 0. The summed E-state index contributed by atoms with van der Waals surface area (Å²) in [6.07, 6.45) is 2.52. The van der Waals surface area contributed by atoms with Crippen LogP contribution in [0.25, 0.3) is 0 Å². The van der Waals surface area contributed by atoms with Crippen molar-refractivity contribution in [3.63, 3.8) is 0 Å². The van der Waals surface area contributed by atoms with Gasteiger partial charge < -0.3 is 0 Å². The van der Waals surface area contributed by atoms with Crippen molar-refractivity contribution in [2.75, 3.05) is 10.5 Å². The van der Waals surface area contributed by atoms with Crippen molar-refractivity contribution in [3.05, 3.63) is 11.9 Å². The summed E-state index contributed by atoms with van der Waals surface area (Å²) in [5.41, 5.74) is 1.55.